The first kappa shape index (κ1) is 32.3. The van der Waals surface area contributed by atoms with E-state index in [1.807, 2.05) is 0 Å². The van der Waals surface area contributed by atoms with Gasteiger partial charge in [0.25, 0.3) is 0 Å². The van der Waals surface area contributed by atoms with Crippen molar-refractivity contribution in [1.29, 1.82) is 0 Å². The first-order valence-corrected chi connectivity index (χ1v) is 14.3. The number of hydrogen-bond donors (Lipinski definition) is 1. The zero-order chi connectivity index (χ0) is 33.1. The number of urea groups is 1. The second-order valence-corrected chi connectivity index (χ2v) is 10.6. The Morgan fingerprint density at radius 3 is 2.41 bits per heavy atom. The number of alkyl halides is 6. The number of nitrogens with zero attached hydrogens (tertiary/aromatic N) is 5. The van der Waals surface area contributed by atoms with E-state index < -0.39 is 37.5 Å². The number of rotatable bonds is 8. The number of nitrogens with one attached hydrogen (secondary N) is 1. The lowest BCUT2D eigenvalue weighted by Crippen LogP contribution is -2.31. The van der Waals surface area contributed by atoms with E-state index in [2.05, 4.69) is 25.1 Å². The number of aliphatic imine (C=N–C) groups is 1. The maximum Gasteiger partial charge on any atom is 0.573 e. The van der Waals surface area contributed by atoms with Crippen LogP contribution < -0.4 is 19.7 Å². The summed E-state index contributed by atoms with van der Waals surface area (Å²) in [5, 5.41) is 6.95. The number of amides is 3. The Morgan fingerprint density at radius 2 is 1.74 bits per heavy atom. The van der Waals surface area contributed by atoms with Crippen LogP contribution in [0.25, 0.3) is 17.1 Å². The van der Waals surface area contributed by atoms with E-state index in [-0.39, 0.29) is 28.1 Å². The highest BCUT2D eigenvalue weighted by Gasteiger charge is 2.34. The summed E-state index contributed by atoms with van der Waals surface area (Å²) < 4.78 is 85.7. The molecule has 2 heterocycles. The quantitative estimate of drug-likeness (QED) is 0.199. The van der Waals surface area contributed by atoms with Crippen LogP contribution in [0.5, 0.6) is 11.5 Å². The van der Waals surface area contributed by atoms with Crippen molar-refractivity contribution in [1.82, 2.24) is 14.8 Å². The van der Waals surface area contributed by atoms with Crippen molar-refractivity contribution in [2.45, 2.75) is 25.9 Å². The fraction of sp³-hybridized carbons (Fsp3) is 0.207. The lowest BCUT2D eigenvalue weighted by atomic mass is 10.2. The van der Waals surface area contributed by atoms with Crippen molar-refractivity contribution in [2.24, 2.45) is 4.99 Å². The lowest BCUT2D eigenvalue weighted by Gasteiger charge is -2.20. The van der Waals surface area contributed by atoms with Gasteiger partial charge in [0.1, 0.15) is 17.8 Å². The molecule has 17 heteroatoms. The molecule has 1 aromatic heterocycles. The number of aryl methyl sites for hydroxylation is 1. The number of hydrogen-bond acceptors (Lipinski definition) is 7. The molecule has 3 amide bonds. The minimum absolute atomic E-state index is 0.0260. The molecule has 1 aliphatic heterocycles. The number of anilines is 2. The Balaban J connectivity index is 1.26. The number of carbonyl (C=O) groups is 2. The van der Waals surface area contributed by atoms with Gasteiger partial charge in [0.05, 0.1) is 30.2 Å². The van der Waals surface area contributed by atoms with Gasteiger partial charge < -0.3 is 14.8 Å². The summed E-state index contributed by atoms with van der Waals surface area (Å²) in [4.78, 5) is 34.9. The highest BCUT2D eigenvalue weighted by Crippen LogP contribution is 2.36. The van der Waals surface area contributed by atoms with Gasteiger partial charge in [0, 0.05) is 11.3 Å². The van der Waals surface area contributed by atoms with Crippen molar-refractivity contribution >= 4 is 40.2 Å². The van der Waals surface area contributed by atoms with Crippen LogP contribution in [0, 0.1) is 6.92 Å². The van der Waals surface area contributed by atoms with Crippen LogP contribution in [-0.2, 0) is 4.79 Å². The molecule has 240 valence electrons. The smallest absolute Gasteiger partial charge is 0.491 e. The molecular weight excluding hydrogens is 642 g/mol. The molecule has 1 aliphatic rings. The van der Waals surface area contributed by atoms with E-state index in [1.165, 1.54) is 29.2 Å². The van der Waals surface area contributed by atoms with E-state index in [0.717, 1.165) is 28.8 Å². The standard InChI is InChI=1S/C29H22F6N6O4S/c1-17-2-11-23(44-13-12-28(30,31)32)22(14-17)41-24(42)15-46-27(41)38-26(43)37-19-5-3-18(4-6-19)25-36-16-40(39-25)20-7-9-21(10-8-20)45-29(33,34)35/h2-11,14,16H,12-13,15H2,1H3,(H,37,43). The third-order valence-corrected chi connectivity index (χ3v) is 7.11. The predicted octanol–water partition coefficient (Wildman–Crippen LogP) is 7.14. The third-order valence-electron chi connectivity index (χ3n) is 6.18. The molecule has 0 atom stereocenters. The molecule has 46 heavy (non-hydrogen) atoms. The highest BCUT2D eigenvalue weighted by atomic mass is 32.2. The van der Waals surface area contributed by atoms with Crippen LogP contribution in [0.4, 0.5) is 42.5 Å². The highest BCUT2D eigenvalue weighted by molar-refractivity contribution is 8.15. The molecule has 5 rings (SSSR count). The number of thioether (sulfide) groups is 1. The third kappa shape index (κ3) is 8.35. The largest absolute Gasteiger partial charge is 0.573 e. The number of ether oxygens (including phenoxy) is 2. The van der Waals surface area contributed by atoms with Gasteiger partial charge >= 0.3 is 18.6 Å². The molecule has 1 saturated heterocycles. The fourth-order valence-electron chi connectivity index (χ4n) is 4.14. The molecule has 0 unspecified atom stereocenters. The summed E-state index contributed by atoms with van der Waals surface area (Å²) in [6, 6.07) is 15.3. The molecule has 10 nitrogen and oxygen atoms in total. The van der Waals surface area contributed by atoms with Crippen LogP contribution in [0.15, 0.2) is 78.0 Å². The second-order valence-electron chi connectivity index (χ2n) is 9.66. The molecule has 0 bridgehead atoms. The molecule has 1 N–H and O–H groups in total. The summed E-state index contributed by atoms with van der Waals surface area (Å²) in [7, 11) is 0. The number of aromatic nitrogens is 3. The first-order chi connectivity index (χ1) is 21.7. The molecular formula is C29H22F6N6O4S. The van der Waals surface area contributed by atoms with E-state index in [9.17, 15) is 35.9 Å². The van der Waals surface area contributed by atoms with Gasteiger partial charge in [-0.25, -0.2) is 14.5 Å². The first-order valence-electron chi connectivity index (χ1n) is 13.3. The Labute approximate surface area is 261 Å². The molecule has 0 saturated carbocycles. The van der Waals surface area contributed by atoms with Gasteiger partial charge in [-0.1, -0.05) is 17.8 Å². The summed E-state index contributed by atoms with van der Waals surface area (Å²) >= 11 is 0.992. The number of amidine groups is 1. The van der Waals surface area contributed by atoms with Crippen LogP contribution in [-0.4, -0.2) is 56.8 Å². The van der Waals surface area contributed by atoms with E-state index in [0.29, 0.717) is 28.3 Å². The van der Waals surface area contributed by atoms with Gasteiger partial charge in [-0.2, -0.15) is 18.2 Å². The summed E-state index contributed by atoms with van der Waals surface area (Å²) in [6.45, 7) is 1.08. The molecule has 4 aromatic rings. The van der Waals surface area contributed by atoms with E-state index >= 15 is 0 Å². The zero-order valence-corrected chi connectivity index (χ0v) is 24.4. The fourth-order valence-corrected chi connectivity index (χ4v) is 5.00. The van der Waals surface area contributed by atoms with Gasteiger partial charge in [0.2, 0.25) is 5.91 Å². The predicted molar refractivity (Wildman–Crippen MR) is 157 cm³/mol. The van der Waals surface area contributed by atoms with Crippen LogP contribution in [0.3, 0.4) is 0 Å². The molecule has 1 fully saturated rings. The molecule has 0 spiro atoms. The number of halogens is 6. The Morgan fingerprint density at radius 1 is 1.02 bits per heavy atom. The monoisotopic (exact) mass is 664 g/mol. The van der Waals surface area contributed by atoms with Gasteiger partial charge in [-0.15, -0.1) is 18.3 Å². The number of benzene rings is 3. The molecule has 0 aliphatic carbocycles. The van der Waals surface area contributed by atoms with Gasteiger partial charge in [0.15, 0.2) is 11.0 Å². The number of carbonyl (C=O) groups excluding carboxylic acids is 2. The van der Waals surface area contributed by atoms with Gasteiger partial charge in [-0.05, 0) is 73.2 Å². The maximum absolute atomic E-state index is 12.8. The lowest BCUT2D eigenvalue weighted by molar-refractivity contribution is -0.274. The summed E-state index contributed by atoms with van der Waals surface area (Å²) in [6.07, 6.45) is -9.02. The molecule has 0 radical (unpaired) electrons. The SMILES string of the molecule is Cc1ccc(OCCC(F)(F)F)c(N2C(=O)CSC2=NC(=O)Nc2ccc(-c3ncn(-c4ccc(OC(F)(F)F)cc4)n3)cc2)c1. The summed E-state index contributed by atoms with van der Waals surface area (Å²) in [5.74, 6) is -0.500. The maximum atomic E-state index is 12.8. The van der Waals surface area contributed by atoms with E-state index in [4.69, 9.17) is 4.74 Å². The van der Waals surface area contributed by atoms with Gasteiger partial charge in [-0.3, -0.25) is 9.69 Å². The Kier molecular flexibility index (Phi) is 9.22. The van der Waals surface area contributed by atoms with Crippen molar-refractivity contribution < 1.29 is 45.4 Å². The minimum atomic E-state index is -4.80. The van der Waals surface area contributed by atoms with Crippen molar-refractivity contribution in [3.05, 3.63) is 78.6 Å². The summed E-state index contributed by atoms with van der Waals surface area (Å²) in [5.41, 5.74) is 2.25. The van der Waals surface area contributed by atoms with Crippen LogP contribution >= 0.6 is 11.8 Å². The van der Waals surface area contributed by atoms with Crippen molar-refractivity contribution in [3.8, 4) is 28.6 Å². The topological polar surface area (TPSA) is 111 Å². The average molecular weight is 665 g/mol. The van der Waals surface area contributed by atoms with Crippen LogP contribution in [0.2, 0.25) is 0 Å². The van der Waals surface area contributed by atoms with Crippen molar-refractivity contribution in [3.63, 3.8) is 0 Å². The Hall–Kier alpha value is -5.06. The van der Waals surface area contributed by atoms with Crippen molar-refractivity contribution in [2.75, 3.05) is 22.6 Å². The Bertz CT molecular complexity index is 1760. The zero-order valence-electron chi connectivity index (χ0n) is 23.6. The molecule has 3 aromatic carbocycles. The minimum Gasteiger partial charge on any atom is -0.491 e. The normalized spacial score (nSPS) is 14.5. The van der Waals surface area contributed by atoms with E-state index in [1.54, 1.807) is 43.3 Å². The van der Waals surface area contributed by atoms with Crippen LogP contribution in [0.1, 0.15) is 12.0 Å². The second kappa shape index (κ2) is 13.1. The average Bonchev–Trinajstić information content (AvgIpc) is 3.60.